The van der Waals surface area contributed by atoms with E-state index in [-0.39, 0.29) is 17.8 Å². The highest BCUT2D eigenvalue weighted by molar-refractivity contribution is 5.97. The number of aromatic nitrogens is 1. The molecular formula is C17H24N2O4. The van der Waals surface area contributed by atoms with Crippen molar-refractivity contribution < 1.29 is 18.8 Å². The Morgan fingerprint density at radius 3 is 2.48 bits per heavy atom. The van der Waals surface area contributed by atoms with E-state index >= 15 is 0 Å². The molecule has 1 atom stereocenters. The molecule has 0 aliphatic heterocycles. The van der Waals surface area contributed by atoms with Crippen LogP contribution in [-0.4, -0.2) is 29.7 Å². The number of nitrogens with zero attached hydrogens (tertiary/aromatic N) is 1. The number of aryl methyl sites for hydroxylation is 1. The average molecular weight is 320 g/mol. The molecule has 0 bridgehead atoms. The van der Waals surface area contributed by atoms with Gasteiger partial charge in [-0.2, -0.15) is 0 Å². The van der Waals surface area contributed by atoms with E-state index in [0.717, 1.165) is 25.7 Å². The highest BCUT2D eigenvalue weighted by Crippen LogP contribution is 2.50. The molecule has 2 aliphatic rings. The van der Waals surface area contributed by atoms with E-state index in [9.17, 15) is 9.59 Å². The van der Waals surface area contributed by atoms with Crippen LogP contribution in [0.1, 0.15) is 55.6 Å². The fraction of sp³-hybridized carbons (Fsp3) is 0.706. The van der Waals surface area contributed by atoms with Gasteiger partial charge in [0.15, 0.2) is 0 Å². The van der Waals surface area contributed by atoms with Crippen molar-refractivity contribution in [1.82, 2.24) is 10.5 Å². The number of hydrogen-bond donors (Lipinski definition) is 1. The van der Waals surface area contributed by atoms with E-state index in [1.807, 2.05) is 6.92 Å². The summed E-state index contributed by atoms with van der Waals surface area (Å²) in [6.45, 7) is 4.02. The predicted octanol–water partition coefficient (Wildman–Crippen LogP) is 2.33. The summed E-state index contributed by atoms with van der Waals surface area (Å²) in [6, 6.07) is -0.568. The lowest BCUT2D eigenvalue weighted by atomic mass is 9.89. The van der Waals surface area contributed by atoms with Crippen molar-refractivity contribution in [3.05, 3.63) is 17.5 Å². The Labute approximate surface area is 135 Å². The van der Waals surface area contributed by atoms with E-state index in [2.05, 4.69) is 10.5 Å². The molecular weight excluding hydrogens is 296 g/mol. The molecule has 0 saturated heterocycles. The van der Waals surface area contributed by atoms with Crippen LogP contribution in [-0.2, 0) is 16.0 Å². The number of rotatable bonds is 8. The minimum atomic E-state index is -0.568. The van der Waals surface area contributed by atoms with Crippen LogP contribution < -0.4 is 5.32 Å². The molecule has 23 heavy (non-hydrogen) atoms. The van der Waals surface area contributed by atoms with Crippen LogP contribution in [0.3, 0.4) is 0 Å². The number of esters is 1. The maximum absolute atomic E-state index is 12.6. The second kappa shape index (κ2) is 6.72. The van der Waals surface area contributed by atoms with Crippen LogP contribution in [0.4, 0.5) is 0 Å². The minimum Gasteiger partial charge on any atom is -0.464 e. The van der Waals surface area contributed by atoms with Crippen LogP contribution in [0.2, 0.25) is 0 Å². The SMILES string of the molecule is CCOC(=O)[C@@H](NC(=O)c1conc1CC)C(C1CC1)C1CC1. The highest BCUT2D eigenvalue weighted by atomic mass is 16.5. The topological polar surface area (TPSA) is 81.4 Å². The van der Waals surface area contributed by atoms with E-state index in [4.69, 9.17) is 9.26 Å². The molecule has 1 aromatic heterocycles. The van der Waals surface area contributed by atoms with Gasteiger partial charge in [-0.25, -0.2) is 4.79 Å². The summed E-state index contributed by atoms with van der Waals surface area (Å²) in [6.07, 6.45) is 6.51. The Kier molecular flexibility index (Phi) is 4.68. The fourth-order valence-corrected chi connectivity index (χ4v) is 3.35. The van der Waals surface area contributed by atoms with Gasteiger partial charge in [-0.15, -0.1) is 0 Å². The lowest BCUT2D eigenvalue weighted by Crippen LogP contribution is -2.48. The molecule has 2 saturated carbocycles. The van der Waals surface area contributed by atoms with Gasteiger partial charge in [-0.1, -0.05) is 12.1 Å². The van der Waals surface area contributed by atoms with Crippen molar-refractivity contribution in [2.45, 2.75) is 52.0 Å². The predicted molar refractivity (Wildman–Crippen MR) is 82.7 cm³/mol. The second-order valence-corrected chi connectivity index (χ2v) is 6.48. The summed E-state index contributed by atoms with van der Waals surface area (Å²) in [5, 5.41) is 6.74. The molecule has 1 aromatic rings. The Hall–Kier alpha value is -1.85. The normalized spacial score (nSPS) is 18.7. The summed E-state index contributed by atoms with van der Waals surface area (Å²) in [5.41, 5.74) is 1.02. The molecule has 1 N–H and O–H groups in total. The van der Waals surface area contributed by atoms with Crippen LogP contribution in [0.5, 0.6) is 0 Å². The maximum atomic E-state index is 12.6. The third-order valence-corrected chi connectivity index (χ3v) is 4.77. The molecule has 0 unspecified atom stereocenters. The third-order valence-electron chi connectivity index (χ3n) is 4.77. The third kappa shape index (κ3) is 3.57. The average Bonchev–Trinajstić information content (AvgIpc) is 3.47. The molecule has 6 heteroatoms. The Morgan fingerprint density at radius 1 is 1.30 bits per heavy atom. The molecule has 6 nitrogen and oxygen atoms in total. The van der Waals surface area contributed by atoms with Gasteiger partial charge in [-0.3, -0.25) is 4.79 Å². The lowest BCUT2D eigenvalue weighted by Gasteiger charge is -2.26. The summed E-state index contributed by atoms with van der Waals surface area (Å²) in [4.78, 5) is 25.0. The zero-order valence-electron chi connectivity index (χ0n) is 13.7. The Morgan fingerprint density at radius 2 is 1.96 bits per heavy atom. The van der Waals surface area contributed by atoms with E-state index in [1.165, 1.54) is 6.26 Å². The molecule has 2 fully saturated rings. The zero-order chi connectivity index (χ0) is 16.4. The quantitative estimate of drug-likeness (QED) is 0.744. The van der Waals surface area contributed by atoms with Crippen LogP contribution in [0, 0.1) is 17.8 Å². The summed E-state index contributed by atoms with van der Waals surface area (Å²) in [5.74, 6) is 0.644. The molecule has 1 heterocycles. The largest absolute Gasteiger partial charge is 0.464 e. The number of carbonyl (C=O) groups is 2. The first-order valence-electron chi connectivity index (χ1n) is 8.56. The van der Waals surface area contributed by atoms with Crippen molar-refractivity contribution in [2.24, 2.45) is 17.8 Å². The van der Waals surface area contributed by atoms with Gasteiger partial charge in [-0.05, 0) is 56.8 Å². The van der Waals surface area contributed by atoms with Gasteiger partial charge in [0.2, 0.25) is 0 Å². The number of ether oxygens (including phenoxy) is 1. The maximum Gasteiger partial charge on any atom is 0.328 e. The first-order chi connectivity index (χ1) is 11.2. The van der Waals surface area contributed by atoms with Gasteiger partial charge in [0.05, 0.1) is 12.3 Å². The van der Waals surface area contributed by atoms with Crippen LogP contribution >= 0.6 is 0 Å². The van der Waals surface area contributed by atoms with Crippen molar-refractivity contribution >= 4 is 11.9 Å². The van der Waals surface area contributed by atoms with E-state index < -0.39 is 6.04 Å². The van der Waals surface area contributed by atoms with Crippen LogP contribution in [0.25, 0.3) is 0 Å². The molecule has 0 radical (unpaired) electrons. The monoisotopic (exact) mass is 320 g/mol. The standard InChI is InChI=1S/C17H24N2O4/c1-3-13-12(9-23-19-13)16(20)18-15(17(21)22-4-2)14(10-5-6-10)11-7-8-11/h9-11,14-15H,3-8H2,1-2H3,(H,18,20)/t15-/m0/s1. The summed E-state index contributed by atoms with van der Waals surface area (Å²) in [7, 11) is 0. The molecule has 0 spiro atoms. The summed E-state index contributed by atoms with van der Waals surface area (Å²) >= 11 is 0. The minimum absolute atomic E-state index is 0.197. The number of amides is 1. The van der Waals surface area contributed by atoms with Crippen molar-refractivity contribution in [3.8, 4) is 0 Å². The number of hydrogen-bond acceptors (Lipinski definition) is 5. The number of nitrogens with one attached hydrogen (secondary N) is 1. The van der Waals surface area contributed by atoms with E-state index in [1.54, 1.807) is 6.92 Å². The van der Waals surface area contributed by atoms with Crippen molar-refractivity contribution in [2.75, 3.05) is 6.61 Å². The van der Waals surface area contributed by atoms with Gasteiger partial charge in [0.25, 0.3) is 5.91 Å². The van der Waals surface area contributed by atoms with Gasteiger partial charge < -0.3 is 14.6 Å². The highest BCUT2D eigenvalue weighted by Gasteiger charge is 2.49. The van der Waals surface area contributed by atoms with Crippen molar-refractivity contribution in [3.63, 3.8) is 0 Å². The van der Waals surface area contributed by atoms with E-state index in [0.29, 0.717) is 36.1 Å². The lowest BCUT2D eigenvalue weighted by molar-refractivity contribution is -0.147. The second-order valence-electron chi connectivity index (χ2n) is 6.48. The first-order valence-corrected chi connectivity index (χ1v) is 8.56. The molecule has 2 aliphatic carbocycles. The molecule has 126 valence electrons. The molecule has 0 aromatic carbocycles. The first kappa shape index (κ1) is 16.0. The van der Waals surface area contributed by atoms with Gasteiger partial charge in [0.1, 0.15) is 17.9 Å². The van der Waals surface area contributed by atoms with Gasteiger partial charge in [0, 0.05) is 0 Å². The van der Waals surface area contributed by atoms with Crippen LogP contribution in [0.15, 0.2) is 10.8 Å². The molecule has 3 rings (SSSR count). The van der Waals surface area contributed by atoms with Gasteiger partial charge >= 0.3 is 5.97 Å². The molecule has 1 amide bonds. The smallest absolute Gasteiger partial charge is 0.328 e. The summed E-state index contributed by atoms with van der Waals surface area (Å²) < 4.78 is 10.1. The number of carbonyl (C=O) groups excluding carboxylic acids is 2. The zero-order valence-corrected chi connectivity index (χ0v) is 13.7. The van der Waals surface area contributed by atoms with Crippen molar-refractivity contribution in [1.29, 1.82) is 0 Å². The fourth-order valence-electron chi connectivity index (χ4n) is 3.35. The Balaban J connectivity index is 1.77. The Bertz CT molecular complexity index is 563.